The molecule has 0 radical (unpaired) electrons. The van der Waals surface area contributed by atoms with Crippen molar-refractivity contribution in [3.8, 4) is 11.8 Å². The van der Waals surface area contributed by atoms with Gasteiger partial charge >= 0.3 is 0 Å². The van der Waals surface area contributed by atoms with Gasteiger partial charge in [-0.15, -0.1) is 0 Å². The number of benzene rings is 2. The van der Waals surface area contributed by atoms with E-state index in [0.717, 1.165) is 60.0 Å². The SMILES string of the molecule is Cc1cc(/C=C(/C#N)c2nc3ccccc3[nH]2)c(C)n1-c1ccc(N2CCOCC2)cc1. The number of rotatable bonds is 4. The van der Waals surface area contributed by atoms with E-state index in [1.165, 1.54) is 5.69 Å². The van der Waals surface area contributed by atoms with E-state index in [-0.39, 0.29) is 0 Å². The minimum Gasteiger partial charge on any atom is -0.378 e. The highest BCUT2D eigenvalue weighted by atomic mass is 16.5. The Labute approximate surface area is 187 Å². The lowest BCUT2D eigenvalue weighted by Gasteiger charge is -2.29. The summed E-state index contributed by atoms with van der Waals surface area (Å²) in [6.07, 6.45) is 1.92. The van der Waals surface area contributed by atoms with Gasteiger partial charge in [0.05, 0.1) is 29.8 Å². The number of imidazole rings is 1. The number of allylic oxidation sites excluding steroid dienone is 1. The summed E-state index contributed by atoms with van der Waals surface area (Å²) in [5.41, 5.74) is 7.85. The highest BCUT2D eigenvalue weighted by molar-refractivity contribution is 5.90. The van der Waals surface area contributed by atoms with Crippen molar-refractivity contribution in [2.75, 3.05) is 31.2 Å². The van der Waals surface area contributed by atoms with Crippen LogP contribution in [0.5, 0.6) is 0 Å². The van der Waals surface area contributed by atoms with Crippen LogP contribution in [0.25, 0.3) is 28.4 Å². The molecule has 0 aliphatic carbocycles. The zero-order chi connectivity index (χ0) is 22.1. The molecule has 1 fully saturated rings. The van der Waals surface area contributed by atoms with Crippen LogP contribution in [0.3, 0.4) is 0 Å². The summed E-state index contributed by atoms with van der Waals surface area (Å²) in [5, 5.41) is 9.81. The average Bonchev–Trinajstić information content (AvgIpc) is 3.38. The van der Waals surface area contributed by atoms with Crippen molar-refractivity contribution in [3.05, 3.63) is 77.4 Å². The van der Waals surface area contributed by atoms with Crippen molar-refractivity contribution in [1.29, 1.82) is 5.26 Å². The van der Waals surface area contributed by atoms with Crippen LogP contribution in [0.15, 0.2) is 54.6 Å². The van der Waals surface area contributed by atoms with Gasteiger partial charge in [-0.1, -0.05) is 12.1 Å². The summed E-state index contributed by atoms with van der Waals surface area (Å²) in [4.78, 5) is 10.2. The summed E-state index contributed by atoms with van der Waals surface area (Å²) in [7, 11) is 0. The number of hydrogen-bond acceptors (Lipinski definition) is 4. The molecule has 1 N–H and O–H groups in total. The van der Waals surface area contributed by atoms with Gasteiger partial charge in [0.25, 0.3) is 0 Å². The van der Waals surface area contributed by atoms with E-state index in [1.807, 2.05) is 30.3 Å². The van der Waals surface area contributed by atoms with Crippen molar-refractivity contribution < 1.29 is 4.74 Å². The van der Waals surface area contributed by atoms with Crippen molar-refractivity contribution in [2.45, 2.75) is 13.8 Å². The number of aromatic amines is 1. The Bertz CT molecular complexity index is 1300. The van der Waals surface area contributed by atoms with E-state index in [9.17, 15) is 5.26 Å². The number of aryl methyl sites for hydroxylation is 1. The number of fused-ring (bicyclic) bond motifs is 1. The van der Waals surface area contributed by atoms with Gasteiger partial charge in [-0.25, -0.2) is 4.98 Å². The third kappa shape index (κ3) is 3.68. The van der Waals surface area contributed by atoms with Crippen molar-refractivity contribution in [1.82, 2.24) is 14.5 Å². The predicted molar refractivity (Wildman–Crippen MR) is 128 cm³/mol. The predicted octanol–water partition coefficient (Wildman–Crippen LogP) is 4.87. The lowest BCUT2D eigenvalue weighted by Crippen LogP contribution is -2.36. The second-order valence-electron chi connectivity index (χ2n) is 8.05. The molecule has 0 spiro atoms. The summed E-state index contributed by atoms with van der Waals surface area (Å²) in [5.74, 6) is 0.591. The molecule has 1 aliphatic heterocycles. The van der Waals surface area contributed by atoms with Crippen LogP contribution < -0.4 is 4.90 Å². The molecule has 3 heterocycles. The van der Waals surface area contributed by atoms with E-state index >= 15 is 0 Å². The van der Waals surface area contributed by atoms with E-state index in [4.69, 9.17) is 4.74 Å². The Morgan fingerprint density at radius 3 is 2.50 bits per heavy atom. The molecule has 1 saturated heterocycles. The zero-order valence-corrected chi connectivity index (χ0v) is 18.3. The Hall–Kier alpha value is -3.82. The molecule has 0 amide bonds. The highest BCUT2D eigenvalue weighted by Gasteiger charge is 2.14. The number of anilines is 1. The Morgan fingerprint density at radius 1 is 1.06 bits per heavy atom. The summed E-state index contributed by atoms with van der Waals surface area (Å²) in [6, 6.07) is 20.9. The number of H-pyrrole nitrogens is 1. The first-order chi connectivity index (χ1) is 15.6. The van der Waals surface area contributed by atoms with Gasteiger partial charge in [0.2, 0.25) is 0 Å². The maximum Gasteiger partial charge on any atom is 0.149 e. The monoisotopic (exact) mass is 423 g/mol. The largest absolute Gasteiger partial charge is 0.378 e. The number of ether oxygens (including phenoxy) is 1. The maximum absolute atomic E-state index is 9.81. The molecule has 0 unspecified atom stereocenters. The normalized spacial score (nSPS) is 14.7. The Balaban J connectivity index is 1.47. The molecule has 4 aromatic rings. The molecule has 1 aliphatic rings. The Kier molecular flexibility index (Phi) is 5.26. The second-order valence-corrected chi connectivity index (χ2v) is 8.05. The Morgan fingerprint density at radius 2 is 1.78 bits per heavy atom. The van der Waals surface area contributed by atoms with E-state index in [2.05, 4.69) is 69.7 Å². The van der Waals surface area contributed by atoms with E-state index < -0.39 is 0 Å². The lowest BCUT2D eigenvalue weighted by molar-refractivity contribution is 0.122. The summed E-state index contributed by atoms with van der Waals surface area (Å²) < 4.78 is 7.68. The molecule has 2 aromatic carbocycles. The van der Waals surface area contributed by atoms with Gasteiger partial charge in [0.15, 0.2) is 0 Å². The molecule has 2 aromatic heterocycles. The number of nitrogens with one attached hydrogen (secondary N) is 1. The molecule has 6 nitrogen and oxygen atoms in total. The third-order valence-electron chi connectivity index (χ3n) is 6.02. The second kappa shape index (κ2) is 8.37. The van der Waals surface area contributed by atoms with Crippen LogP contribution in [0.2, 0.25) is 0 Å². The minimum absolute atomic E-state index is 0.518. The number of hydrogen-bond donors (Lipinski definition) is 1. The number of nitrogens with zero attached hydrogens (tertiary/aromatic N) is 4. The van der Waals surface area contributed by atoms with E-state index in [0.29, 0.717) is 11.4 Å². The van der Waals surface area contributed by atoms with Gasteiger partial charge in [0.1, 0.15) is 11.9 Å². The third-order valence-corrected chi connectivity index (χ3v) is 6.02. The van der Waals surface area contributed by atoms with E-state index in [1.54, 1.807) is 0 Å². The first-order valence-corrected chi connectivity index (χ1v) is 10.8. The fourth-order valence-corrected chi connectivity index (χ4v) is 4.35. The van der Waals surface area contributed by atoms with Gasteiger partial charge < -0.3 is 19.2 Å². The molecule has 0 bridgehead atoms. The van der Waals surface area contributed by atoms with Gasteiger partial charge in [-0.2, -0.15) is 5.26 Å². The summed E-state index contributed by atoms with van der Waals surface area (Å²) in [6.45, 7) is 7.58. The first-order valence-electron chi connectivity index (χ1n) is 10.8. The highest BCUT2D eigenvalue weighted by Crippen LogP contribution is 2.27. The fourth-order valence-electron chi connectivity index (χ4n) is 4.35. The molecule has 5 rings (SSSR count). The van der Waals surface area contributed by atoms with Crippen molar-refractivity contribution in [3.63, 3.8) is 0 Å². The van der Waals surface area contributed by atoms with Crippen LogP contribution in [-0.4, -0.2) is 40.8 Å². The number of morpholine rings is 1. The number of aromatic nitrogens is 3. The molecule has 160 valence electrons. The number of para-hydroxylation sites is 2. The van der Waals surface area contributed by atoms with Gasteiger partial charge in [0, 0.05) is 35.9 Å². The minimum atomic E-state index is 0.518. The number of nitriles is 1. The summed E-state index contributed by atoms with van der Waals surface area (Å²) >= 11 is 0. The maximum atomic E-state index is 9.81. The van der Waals surface area contributed by atoms with Crippen molar-refractivity contribution >= 4 is 28.4 Å². The fraction of sp³-hybridized carbons (Fsp3) is 0.231. The molecular formula is C26H25N5O. The molecule has 6 heteroatoms. The zero-order valence-electron chi connectivity index (χ0n) is 18.3. The van der Waals surface area contributed by atoms with Crippen molar-refractivity contribution in [2.24, 2.45) is 0 Å². The van der Waals surface area contributed by atoms with Crippen LogP contribution in [-0.2, 0) is 4.74 Å². The van der Waals surface area contributed by atoms with Crippen LogP contribution in [0.4, 0.5) is 5.69 Å². The van der Waals surface area contributed by atoms with Crippen LogP contribution in [0.1, 0.15) is 22.8 Å². The molecule has 0 atom stereocenters. The van der Waals surface area contributed by atoms with Gasteiger partial charge in [-0.05, 0) is 68.0 Å². The first kappa shape index (κ1) is 20.1. The van der Waals surface area contributed by atoms with Crippen LogP contribution >= 0.6 is 0 Å². The molecule has 32 heavy (non-hydrogen) atoms. The topological polar surface area (TPSA) is 69.9 Å². The van der Waals surface area contributed by atoms with Gasteiger partial charge in [-0.3, -0.25) is 0 Å². The standard InChI is InChI=1S/C26H25N5O/c1-18-15-20(16-21(17-27)26-28-24-5-3-4-6-25(24)29-26)19(2)31(18)23-9-7-22(8-10-23)30-11-13-32-14-12-30/h3-10,15-16H,11-14H2,1-2H3,(H,28,29)/b21-16-. The quantitative estimate of drug-likeness (QED) is 0.476. The molecular weight excluding hydrogens is 398 g/mol. The molecule has 0 saturated carbocycles. The lowest BCUT2D eigenvalue weighted by atomic mass is 10.1. The smallest absolute Gasteiger partial charge is 0.149 e. The average molecular weight is 424 g/mol. The van der Waals surface area contributed by atoms with Crippen LogP contribution in [0, 0.1) is 25.2 Å².